The van der Waals surface area contributed by atoms with E-state index in [1.165, 1.54) is 5.56 Å². The van der Waals surface area contributed by atoms with Crippen molar-refractivity contribution in [1.29, 1.82) is 0 Å². The molecule has 2 aromatic heterocycles. The number of nitrogens with two attached hydrogens (primary N) is 1. The normalized spacial score (nSPS) is 10.9. The summed E-state index contributed by atoms with van der Waals surface area (Å²) in [5, 5.41) is 8.00. The van der Waals surface area contributed by atoms with Crippen molar-refractivity contribution >= 4 is 16.9 Å². The zero-order valence-corrected chi connectivity index (χ0v) is 10.0. The quantitative estimate of drug-likeness (QED) is 0.715. The first-order valence-electron chi connectivity index (χ1n) is 5.75. The molecule has 0 aliphatic rings. The van der Waals surface area contributed by atoms with Gasteiger partial charge in [-0.3, -0.25) is 5.10 Å². The van der Waals surface area contributed by atoms with Crippen molar-refractivity contribution in [1.82, 2.24) is 20.2 Å². The molecule has 0 aliphatic carbocycles. The summed E-state index contributed by atoms with van der Waals surface area (Å²) in [5.41, 5.74) is 8.73. The Balaban J connectivity index is 2.08. The van der Waals surface area contributed by atoms with Crippen molar-refractivity contribution in [3.63, 3.8) is 0 Å². The van der Waals surface area contributed by atoms with Gasteiger partial charge in [-0.1, -0.05) is 30.3 Å². The van der Waals surface area contributed by atoms with Crippen molar-refractivity contribution in [2.24, 2.45) is 0 Å². The summed E-state index contributed by atoms with van der Waals surface area (Å²) in [6, 6.07) is 10.2. The molecule has 0 bridgehead atoms. The molecule has 5 nitrogen and oxygen atoms in total. The number of rotatable bonds is 2. The van der Waals surface area contributed by atoms with E-state index in [2.05, 4.69) is 32.3 Å². The number of aromatic amines is 1. The fourth-order valence-electron chi connectivity index (χ4n) is 2.05. The maximum absolute atomic E-state index is 5.94. The van der Waals surface area contributed by atoms with Gasteiger partial charge in [-0.15, -0.1) is 0 Å². The Bertz CT molecular complexity index is 687. The third-order valence-corrected chi connectivity index (χ3v) is 2.85. The van der Waals surface area contributed by atoms with E-state index in [-0.39, 0.29) is 0 Å². The van der Waals surface area contributed by atoms with Gasteiger partial charge in [0.15, 0.2) is 5.65 Å². The third kappa shape index (κ3) is 1.79. The second-order valence-corrected chi connectivity index (χ2v) is 4.22. The Morgan fingerprint density at radius 2 is 1.94 bits per heavy atom. The lowest BCUT2D eigenvalue weighted by atomic mass is 10.1. The van der Waals surface area contributed by atoms with Crippen LogP contribution in [-0.2, 0) is 6.42 Å². The highest BCUT2D eigenvalue weighted by Gasteiger charge is 2.12. The molecule has 0 amide bonds. The van der Waals surface area contributed by atoms with Crippen molar-refractivity contribution < 1.29 is 0 Å². The van der Waals surface area contributed by atoms with Crippen LogP contribution in [0.5, 0.6) is 0 Å². The molecule has 90 valence electrons. The fourth-order valence-corrected chi connectivity index (χ4v) is 2.05. The lowest BCUT2D eigenvalue weighted by Crippen LogP contribution is -1.98. The van der Waals surface area contributed by atoms with E-state index < -0.39 is 0 Å². The van der Waals surface area contributed by atoms with Gasteiger partial charge < -0.3 is 5.73 Å². The number of aryl methyl sites for hydroxylation is 1. The molecule has 0 unspecified atom stereocenters. The Morgan fingerprint density at radius 1 is 1.17 bits per heavy atom. The molecule has 0 atom stereocenters. The van der Waals surface area contributed by atoms with E-state index in [9.17, 15) is 0 Å². The summed E-state index contributed by atoms with van der Waals surface area (Å²) in [5.74, 6) is 1.12. The summed E-state index contributed by atoms with van der Waals surface area (Å²) in [7, 11) is 0. The van der Waals surface area contributed by atoms with E-state index >= 15 is 0 Å². The molecule has 0 aliphatic heterocycles. The first kappa shape index (κ1) is 10.7. The zero-order valence-electron chi connectivity index (χ0n) is 10.0. The number of nitrogens with zero attached hydrogens (tertiary/aromatic N) is 3. The summed E-state index contributed by atoms with van der Waals surface area (Å²) < 4.78 is 0. The van der Waals surface area contributed by atoms with Gasteiger partial charge in [0.05, 0.1) is 11.1 Å². The number of H-pyrrole nitrogens is 1. The lowest BCUT2D eigenvalue weighted by Gasteiger charge is -2.01. The summed E-state index contributed by atoms with van der Waals surface area (Å²) in [6.45, 7) is 1.81. The van der Waals surface area contributed by atoms with Gasteiger partial charge in [-0.25, -0.2) is 9.97 Å². The highest BCUT2D eigenvalue weighted by Crippen LogP contribution is 2.21. The fraction of sp³-hybridized carbons (Fsp3) is 0.154. The van der Waals surface area contributed by atoms with E-state index in [4.69, 9.17) is 5.73 Å². The summed E-state index contributed by atoms with van der Waals surface area (Å²) >= 11 is 0. The van der Waals surface area contributed by atoms with Crippen LogP contribution < -0.4 is 5.73 Å². The topological polar surface area (TPSA) is 80.5 Å². The molecule has 3 N–H and O–H groups in total. The van der Waals surface area contributed by atoms with Crippen LogP contribution in [0.1, 0.15) is 17.1 Å². The molecule has 0 spiro atoms. The molecular weight excluding hydrogens is 226 g/mol. The second-order valence-electron chi connectivity index (χ2n) is 4.22. The van der Waals surface area contributed by atoms with Crippen molar-refractivity contribution in [3.8, 4) is 0 Å². The smallest absolute Gasteiger partial charge is 0.186 e. The molecule has 0 fully saturated rings. The molecule has 0 saturated carbocycles. The molecule has 3 rings (SSSR count). The van der Waals surface area contributed by atoms with E-state index in [0.29, 0.717) is 17.3 Å². The predicted molar refractivity (Wildman–Crippen MR) is 70.1 cm³/mol. The van der Waals surface area contributed by atoms with Crippen molar-refractivity contribution in [2.45, 2.75) is 13.3 Å². The van der Waals surface area contributed by atoms with E-state index in [0.717, 1.165) is 17.5 Å². The summed E-state index contributed by atoms with van der Waals surface area (Å²) in [4.78, 5) is 8.45. The van der Waals surface area contributed by atoms with Gasteiger partial charge in [0.1, 0.15) is 11.6 Å². The van der Waals surface area contributed by atoms with Gasteiger partial charge >= 0.3 is 0 Å². The molecular formula is C13H13N5. The Kier molecular flexibility index (Phi) is 2.44. The molecule has 2 heterocycles. The first-order chi connectivity index (χ1) is 8.74. The monoisotopic (exact) mass is 239 g/mol. The van der Waals surface area contributed by atoms with Crippen LogP contribution in [0.2, 0.25) is 0 Å². The highest BCUT2D eigenvalue weighted by atomic mass is 15.2. The Hall–Kier alpha value is -2.43. The van der Waals surface area contributed by atoms with Crippen LogP contribution >= 0.6 is 0 Å². The number of anilines is 1. The zero-order chi connectivity index (χ0) is 12.5. The van der Waals surface area contributed by atoms with E-state index in [1.54, 1.807) is 6.92 Å². The SMILES string of the molecule is Cc1nc(N)c2c(Cc3ccccc3)[nH]nc2n1. The van der Waals surface area contributed by atoms with Crippen molar-refractivity contribution in [2.75, 3.05) is 5.73 Å². The standard InChI is InChI=1S/C13H13N5/c1-8-15-12(14)11-10(17-18-13(11)16-8)7-9-5-3-2-4-6-9/h2-6H,7H2,1H3,(H3,14,15,16,17,18). The number of fused-ring (bicyclic) bond motifs is 1. The number of benzene rings is 1. The lowest BCUT2D eigenvalue weighted by molar-refractivity contribution is 1.000. The molecule has 5 heteroatoms. The Morgan fingerprint density at radius 3 is 2.72 bits per heavy atom. The van der Waals surface area contributed by atoms with Gasteiger partial charge in [-0.2, -0.15) is 5.10 Å². The number of nitrogens with one attached hydrogen (secondary N) is 1. The van der Waals surface area contributed by atoms with Crippen molar-refractivity contribution in [3.05, 3.63) is 47.4 Å². The second kappa shape index (κ2) is 4.10. The van der Waals surface area contributed by atoms with E-state index in [1.807, 2.05) is 18.2 Å². The average Bonchev–Trinajstić information content (AvgIpc) is 2.73. The van der Waals surface area contributed by atoms with Gasteiger partial charge in [-0.05, 0) is 12.5 Å². The summed E-state index contributed by atoms with van der Waals surface area (Å²) in [6.07, 6.45) is 0.744. The van der Waals surface area contributed by atoms with Gasteiger partial charge in [0, 0.05) is 6.42 Å². The maximum atomic E-state index is 5.94. The van der Waals surface area contributed by atoms with Crippen LogP contribution in [0, 0.1) is 6.92 Å². The molecule has 1 aromatic carbocycles. The van der Waals surface area contributed by atoms with Crippen LogP contribution in [-0.4, -0.2) is 20.2 Å². The molecule has 3 aromatic rings. The number of nitrogen functional groups attached to an aromatic ring is 1. The number of hydrogen-bond acceptors (Lipinski definition) is 4. The minimum atomic E-state index is 0.484. The van der Waals surface area contributed by atoms with Gasteiger partial charge in [0.25, 0.3) is 0 Å². The average molecular weight is 239 g/mol. The molecule has 0 saturated heterocycles. The third-order valence-electron chi connectivity index (χ3n) is 2.85. The number of aromatic nitrogens is 4. The predicted octanol–water partition coefficient (Wildman–Crippen LogP) is 1.83. The minimum absolute atomic E-state index is 0.484. The highest BCUT2D eigenvalue weighted by molar-refractivity contribution is 5.88. The first-order valence-corrected chi connectivity index (χ1v) is 5.75. The Labute approximate surface area is 104 Å². The number of hydrogen-bond donors (Lipinski definition) is 2. The largest absolute Gasteiger partial charge is 0.383 e. The molecule has 18 heavy (non-hydrogen) atoms. The van der Waals surface area contributed by atoms with Gasteiger partial charge in [0.2, 0.25) is 0 Å². The van der Waals surface area contributed by atoms with Crippen LogP contribution in [0.3, 0.4) is 0 Å². The van der Waals surface area contributed by atoms with Crippen LogP contribution in [0.25, 0.3) is 11.0 Å². The minimum Gasteiger partial charge on any atom is -0.383 e. The molecule has 0 radical (unpaired) electrons. The maximum Gasteiger partial charge on any atom is 0.186 e. The van der Waals surface area contributed by atoms with Crippen LogP contribution in [0.4, 0.5) is 5.82 Å². The van der Waals surface area contributed by atoms with Crippen LogP contribution in [0.15, 0.2) is 30.3 Å².